The van der Waals surface area contributed by atoms with E-state index in [2.05, 4.69) is 10.1 Å². The maximum Gasteiger partial charge on any atom is 0.406 e. The number of nitrogens with one attached hydrogen (secondary N) is 1. The van der Waals surface area contributed by atoms with Crippen LogP contribution in [0.2, 0.25) is 5.02 Å². The summed E-state index contributed by atoms with van der Waals surface area (Å²) < 4.78 is 70.5. The van der Waals surface area contributed by atoms with E-state index in [4.69, 9.17) is 11.6 Å². The molecule has 1 aromatic heterocycles. The van der Waals surface area contributed by atoms with Crippen molar-refractivity contribution in [2.45, 2.75) is 26.2 Å². The van der Waals surface area contributed by atoms with Gasteiger partial charge in [0.25, 0.3) is 11.8 Å². The van der Waals surface area contributed by atoms with Crippen molar-refractivity contribution in [2.75, 3.05) is 26.8 Å². The number of fused-ring (bicyclic) bond motifs is 1. The van der Waals surface area contributed by atoms with Gasteiger partial charge in [-0.3, -0.25) is 14.4 Å². The van der Waals surface area contributed by atoms with E-state index in [1.165, 1.54) is 0 Å². The molecule has 0 fully saturated rings. The van der Waals surface area contributed by atoms with Crippen molar-refractivity contribution in [3.63, 3.8) is 0 Å². The molecule has 1 aliphatic rings. The third-order valence-electron chi connectivity index (χ3n) is 4.81. The Kier molecular flexibility index (Phi) is 9.21. The van der Waals surface area contributed by atoms with E-state index in [9.17, 15) is 41.4 Å². The number of methoxy groups -OCH3 is 1. The lowest BCUT2D eigenvalue weighted by Crippen LogP contribution is -2.46. The largest absolute Gasteiger partial charge is 0.503 e. The lowest BCUT2D eigenvalue weighted by molar-refractivity contribution is -0.141. The van der Waals surface area contributed by atoms with Gasteiger partial charge in [-0.25, -0.2) is 8.78 Å². The van der Waals surface area contributed by atoms with Crippen LogP contribution < -0.4 is 10.7 Å². The molecule has 0 radical (unpaired) electrons. The molecule has 2 aromatic rings. The second kappa shape index (κ2) is 11.5. The lowest BCUT2D eigenvalue weighted by Gasteiger charge is -2.30. The third kappa shape index (κ3) is 6.69. The number of rotatable bonds is 5. The molecule has 3 rings (SSSR count). The maximum absolute atomic E-state index is 13.9. The van der Waals surface area contributed by atoms with Crippen LogP contribution >= 0.6 is 11.6 Å². The average molecular weight is 526 g/mol. The standard InChI is InChI=1S/C18H13ClF5N3O4.C3H8O/c19-11-10(20)2-1-8(12(11)21)5-25-16(30)9-6-26-3-4-27(7-18(22,23)24)17(31)13(26)15(29)14(9)28;1-3-4-2/h1-2,6,29H,3-5,7H2,(H,25,30);3H2,1-2H3. The summed E-state index contributed by atoms with van der Waals surface area (Å²) in [6.07, 6.45) is -3.75. The minimum atomic E-state index is -4.67. The first-order valence-corrected chi connectivity index (χ1v) is 10.4. The van der Waals surface area contributed by atoms with Crippen molar-refractivity contribution < 1.29 is 41.4 Å². The quantitative estimate of drug-likeness (QED) is 0.461. The van der Waals surface area contributed by atoms with E-state index in [0.29, 0.717) is 4.90 Å². The topological polar surface area (TPSA) is 101 Å². The number of hydrogen-bond acceptors (Lipinski definition) is 5. The van der Waals surface area contributed by atoms with E-state index < -0.39 is 70.2 Å². The Hall–Kier alpha value is -3.19. The molecule has 0 unspecified atom stereocenters. The highest BCUT2D eigenvalue weighted by Crippen LogP contribution is 2.25. The zero-order valence-electron chi connectivity index (χ0n) is 18.5. The van der Waals surface area contributed by atoms with E-state index in [1.807, 2.05) is 6.92 Å². The highest BCUT2D eigenvalue weighted by molar-refractivity contribution is 6.30. The summed E-state index contributed by atoms with van der Waals surface area (Å²) in [6.45, 7) is 0.153. The van der Waals surface area contributed by atoms with Gasteiger partial charge < -0.3 is 24.6 Å². The predicted octanol–water partition coefficient (Wildman–Crippen LogP) is 3.09. The summed E-state index contributed by atoms with van der Waals surface area (Å²) in [6, 6.07) is 1.91. The number of benzene rings is 1. The minimum absolute atomic E-state index is 0.181. The zero-order chi connectivity index (χ0) is 26.5. The number of aromatic hydroxyl groups is 1. The molecule has 2 heterocycles. The molecule has 0 saturated heterocycles. The van der Waals surface area contributed by atoms with Gasteiger partial charge >= 0.3 is 6.18 Å². The van der Waals surface area contributed by atoms with Crippen LogP contribution in [0.15, 0.2) is 23.1 Å². The van der Waals surface area contributed by atoms with Gasteiger partial charge in [0.15, 0.2) is 11.4 Å². The van der Waals surface area contributed by atoms with Gasteiger partial charge in [-0.2, -0.15) is 13.2 Å². The molecular formula is C21H21ClF5N3O5. The molecule has 2 amide bonds. The Morgan fingerprint density at radius 1 is 1.23 bits per heavy atom. The molecule has 14 heteroatoms. The molecule has 0 bridgehead atoms. The summed E-state index contributed by atoms with van der Waals surface area (Å²) in [5.74, 6) is -5.56. The van der Waals surface area contributed by atoms with Crippen molar-refractivity contribution in [3.8, 4) is 5.75 Å². The van der Waals surface area contributed by atoms with E-state index in [1.54, 1.807) is 7.11 Å². The fourth-order valence-corrected chi connectivity index (χ4v) is 3.22. The highest BCUT2D eigenvalue weighted by atomic mass is 35.5. The molecule has 0 spiro atoms. The average Bonchev–Trinajstić information content (AvgIpc) is 2.80. The molecule has 0 saturated carbocycles. The summed E-state index contributed by atoms with van der Waals surface area (Å²) in [5.41, 5.74) is -2.76. The van der Waals surface area contributed by atoms with Gasteiger partial charge in [0.05, 0.1) is 0 Å². The van der Waals surface area contributed by atoms with Crippen LogP contribution in [0.4, 0.5) is 22.0 Å². The summed E-state index contributed by atoms with van der Waals surface area (Å²) >= 11 is 5.45. The van der Waals surface area contributed by atoms with Crippen LogP contribution in [0.25, 0.3) is 0 Å². The van der Waals surface area contributed by atoms with Crippen LogP contribution in [0.1, 0.15) is 33.3 Å². The Morgan fingerprint density at radius 2 is 1.86 bits per heavy atom. The molecule has 1 aromatic carbocycles. The van der Waals surface area contributed by atoms with Crippen molar-refractivity contribution in [2.24, 2.45) is 0 Å². The van der Waals surface area contributed by atoms with Gasteiger partial charge in [-0.05, 0) is 13.0 Å². The number of amides is 2. The van der Waals surface area contributed by atoms with Gasteiger partial charge in [-0.15, -0.1) is 0 Å². The monoisotopic (exact) mass is 525 g/mol. The number of ether oxygens (including phenoxy) is 1. The van der Waals surface area contributed by atoms with Gasteiger partial charge in [-0.1, -0.05) is 17.7 Å². The molecule has 35 heavy (non-hydrogen) atoms. The number of carbonyl (C=O) groups excluding carboxylic acids is 2. The summed E-state index contributed by atoms with van der Waals surface area (Å²) in [4.78, 5) is 37.4. The minimum Gasteiger partial charge on any atom is -0.503 e. The molecule has 8 nitrogen and oxygen atoms in total. The van der Waals surface area contributed by atoms with Gasteiger partial charge in [0.2, 0.25) is 5.43 Å². The van der Waals surface area contributed by atoms with Crippen LogP contribution in [0, 0.1) is 11.6 Å². The number of aromatic nitrogens is 1. The number of carbonyl (C=O) groups is 2. The van der Waals surface area contributed by atoms with Gasteiger partial charge in [0, 0.05) is 45.1 Å². The van der Waals surface area contributed by atoms with Crippen molar-refractivity contribution in [3.05, 3.63) is 62.0 Å². The molecule has 1 aliphatic heterocycles. The molecule has 2 N–H and O–H groups in total. The summed E-state index contributed by atoms with van der Waals surface area (Å²) in [5, 5.41) is 11.5. The Bertz CT molecular complexity index is 1170. The maximum atomic E-state index is 13.9. The lowest BCUT2D eigenvalue weighted by atomic mass is 10.1. The Morgan fingerprint density at radius 3 is 2.43 bits per heavy atom. The number of pyridine rings is 1. The number of nitrogens with zero attached hydrogens (tertiary/aromatic N) is 2. The fraction of sp³-hybridized carbons (Fsp3) is 0.381. The van der Waals surface area contributed by atoms with Crippen molar-refractivity contribution in [1.82, 2.24) is 14.8 Å². The van der Waals surface area contributed by atoms with Gasteiger partial charge in [0.1, 0.15) is 28.8 Å². The second-order valence-electron chi connectivity index (χ2n) is 7.20. The molecular weight excluding hydrogens is 505 g/mol. The van der Waals surface area contributed by atoms with E-state index >= 15 is 0 Å². The SMILES string of the molecule is CCOC.O=C(NCc1ccc(F)c(Cl)c1F)c1cn2c(c(O)c1=O)C(=O)N(CC(F)(F)F)CC2. The van der Waals surface area contributed by atoms with E-state index in [-0.39, 0.29) is 18.7 Å². The highest BCUT2D eigenvalue weighted by Gasteiger charge is 2.37. The molecule has 0 aliphatic carbocycles. The molecule has 0 atom stereocenters. The Labute approximate surface area is 200 Å². The van der Waals surface area contributed by atoms with Crippen LogP contribution in [0.3, 0.4) is 0 Å². The number of halogens is 6. The zero-order valence-corrected chi connectivity index (χ0v) is 19.3. The van der Waals surface area contributed by atoms with Crippen molar-refractivity contribution in [1.29, 1.82) is 0 Å². The first kappa shape index (κ1) is 28.1. The molecule has 192 valence electrons. The Balaban J connectivity index is 0.00000100. The fourth-order valence-electron chi connectivity index (χ4n) is 3.03. The smallest absolute Gasteiger partial charge is 0.406 e. The van der Waals surface area contributed by atoms with Crippen molar-refractivity contribution >= 4 is 23.4 Å². The number of alkyl halides is 3. The summed E-state index contributed by atoms with van der Waals surface area (Å²) in [7, 11) is 1.68. The first-order chi connectivity index (χ1) is 16.3. The van der Waals surface area contributed by atoms with Crippen LogP contribution in [0.5, 0.6) is 5.75 Å². The third-order valence-corrected chi connectivity index (χ3v) is 5.16. The van der Waals surface area contributed by atoms with Crippen LogP contribution in [-0.4, -0.2) is 59.4 Å². The predicted molar refractivity (Wildman–Crippen MR) is 114 cm³/mol. The normalized spacial score (nSPS) is 13.1. The number of hydrogen-bond donors (Lipinski definition) is 2. The van der Waals surface area contributed by atoms with Crippen LogP contribution in [-0.2, 0) is 17.8 Å². The first-order valence-electron chi connectivity index (χ1n) is 10.0. The van der Waals surface area contributed by atoms with E-state index in [0.717, 1.165) is 29.5 Å². The second-order valence-corrected chi connectivity index (χ2v) is 7.58.